The first-order valence-electron chi connectivity index (χ1n) is 7.46. The fourth-order valence-corrected chi connectivity index (χ4v) is 3.95. The monoisotopic (exact) mass is 337 g/mol. The van der Waals surface area contributed by atoms with Gasteiger partial charge < -0.3 is 10.6 Å². The van der Waals surface area contributed by atoms with Crippen LogP contribution >= 0.6 is 0 Å². The molecule has 1 fully saturated rings. The molecular formula is C14H19N5O3S. The molecule has 3 N–H and O–H groups in total. The van der Waals surface area contributed by atoms with Crippen LogP contribution in [0.3, 0.4) is 0 Å². The fraction of sp³-hybridized carbons (Fsp3) is 0.429. The summed E-state index contributed by atoms with van der Waals surface area (Å²) in [6.07, 6.45) is 1.63. The molecule has 0 saturated carbocycles. The van der Waals surface area contributed by atoms with Crippen LogP contribution in [0, 0.1) is 0 Å². The zero-order chi connectivity index (χ0) is 16.3. The van der Waals surface area contributed by atoms with Crippen molar-refractivity contribution in [2.45, 2.75) is 6.42 Å². The van der Waals surface area contributed by atoms with Crippen LogP contribution in [0.15, 0.2) is 24.4 Å². The minimum absolute atomic E-state index is 0.0622. The molecule has 9 heteroatoms. The van der Waals surface area contributed by atoms with Crippen LogP contribution in [0.1, 0.15) is 6.42 Å². The van der Waals surface area contributed by atoms with Crippen LogP contribution in [0.5, 0.6) is 0 Å². The van der Waals surface area contributed by atoms with Gasteiger partial charge >= 0.3 is 0 Å². The molecule has 124 valence electrons. The number of carbonyl (C=O) groups is 1. The molecule has 1 saturated heterocycles. The Labute approximate surface area is 134 Å². The molecule has 3 rings (SSSR count). The summed E-state index contributed by atoms with van der Waals surface area (Å²) in [5, 5.41) is 13.5. The number of nitrogens with one attached hydrogen (secondary N) is 3. The van der Waals surface area contributed by atoms with Crippen molar-refractivity contribution in [3.8, 4) is 0 Å². The van der Waals surface area contributed by atoms with E-state index in [-0.39, 0.29) is 18.1 Å². The van der Waals surface area contributed by atoms with Crippen LogP contribution in [-0.2, 0) is 14.8 Å². The lowest BCUT2D eigenvalue weighted by Crippen LogP contribution is -2.47. The minimum Gasteiger partial charge on any atom is -0.326 e. The Kier molecular flexibility index (Phi) is 4.60. The van der Waals surface area contributed by atoms with Crippen LogP contribution in [0.25, 0.3) is 10.9 Å². The van der Waals surface area contributed by atoms with Gasteiger partial charge in [0.25, 0.3) is 0 Å². The van der Waals surface area contributed by atoms with E-state index in [0.29, 0.717) is 31.9 Å². The summed E-state index contributed by atoms with van der Waals surface area (Å²) in [5.74, 6) is -0.493. The molecule has 1 aromatic carbocycles. The lowest BCUT2D eigenvalue weighted by atomic mass is 10.2. The highest BCUT2D eigenvalue weighted by Gasteiger charge is 2.24. The predicted molar refractivity (Wildman–Crippen MR) is 87.6 cm³/mol. The summed E-state index contributed by atoms with van der Waals surface area (Å²) >= 11 is 0. The molecule has 23 heavy (non-hydrogen) atoms. The SMILES string of the molecule is O=C(CCS(=O)(=O)N1CCNCC1)Nc1ccc2cn[nH]c2c1. The quantitative estimate of drug-likeness (QED) is 0.719. The fourth-order valence-electron chi connectivity index (χ4n) is 2.51. The Morgan fingerprint density at radius 1 is 1.30 bits per heavy atom. The maximum Gasteiger partial charge on any atom is 0.225 e. The number of anilines is 1. The van der Waals surface area contributed by atoms with Crippen molar-refractivity contribution < 1.29 is 13.2 Å². The normalized spacial score (nSPS) is 16.5. The van der Waals surface area contributed by atoms with Gasteiger partial charge in [-0.2, -0.15) is 9.40 Å². The number of aromatic nitrogens is 2. The van der Waals surface area contributed by atoms with Crippen molar-refractivity contribution in [2.24, 2.45) is 0 Å². The van der Waals surface area contributed by atoms with E-state index >= 15 is 0 Å². The zero-order valence-corrected chi connectivity index (χ0v) is 13.4. The highest BCUT2D eigenvalue weighted by molar-refractivity contribution is 7.89. The molecule has 0 unspecified atom stereocenters. The summed E-state index contributed by atoms with van der Waals surface area (Å²) in [4.78, 5) is 12.0. The number of carbonyl (C=O) groups excluding carboxylic acids is 1. The molecule has 0 spiro atoms. The number of hydrogen-bond donors (Lipinski definition) is 3. The molecule has 0 aliphatic carbocycles. The van der Waals surface area contributed by atoms with E-state index < -0.39 is 10.0 Å². The van der Waals surface area contributed by atoms with Crippen molar-refractivity contribution in [1.82, 2.24) is 19.8 Å². The second-order valence-electron chi connectivity index (χ2n) is 5.44. The van der Waals surface area contributed by atoms with Gasteiger partial charge in [0, 0.05) is 43.7 Å². The van der Waals surface area contributed by atoms with E-state index in [1.807, 2.05) is 6.07 Å². The standard InChI is InChI=1S/C14H19N5O3S/c20-14(3-8-23(21,22)19-6-4-15-5-7-19)17-12-2-1-11-10-16-18-13(11)9-12/h1-2,9-10,15H,3-8H2,(H,16,18)(H,17,20). The second kappa shape index (κ2) is 6.65. The first-order valence-corrected chi connectivity index (χ1v) is 9.07. The molecule has 1 amide bonds. The Hall–Kier alpha value is -1.97. The average molecular weight is 337 g/mol. The van der Waals surface area contributed by atoms with E-state index in [9.17, 15) is 13.2 Å². The number of H-pyrrole nitrogens is 1. The molecular weight excluding hydrogens is 318 g/mol. The van der Waals surface area contributed by atoms with Crippen molar-refractivity contribution in [1.29, 1.82) is 0 Å². The van der Waals surface area contributed by atoms with Crippen molar-refractivity contribution in [3.63, 3.8) is 0 Å². The number of sulfonamides is 1. The minimum atomic E-state index is -3.38. The number of benzene rings is 1. The van der Waals surface area contributed by atoms with E-state index in [0.717, 1.165) is 10.9 Å². The van der Waals surface area contributed by atoms with E-state index in [4.69, 9.17) is 0 Å². The van der Waals surface area contributed by atoms with Gasteiger partial charge in [0.1, 0.15) is 0 Å². The molecule has 1 aromatic heterocycles. The third-order valence-corrected chi connectivity index (χ3v) is 5.65. The highest BCUT2D eigenvalue weighted by atomic mass is 32.2. The van der Waals surface area contributed by atoms with Gasteiger partial charge in [-0.3, -0.25) is 9.89 Å². The van der Waals surface area contributed by atoms with Gasteiger partial charge in [0.15, 0.2) is 0 Å². The Balaban J connectivity index is 1.56. The molecule has 1 aliphatic rings. The van der Waals surface area contributed by atoms with Crippen LogP contribution in [0.4, 0.5) is 5.69 Å². The first kappa shape index (κ1) is 15.9. The van der Waals surface area contributed by atoms with E-state index in [2.05, 4.69) is 20.8 Å². The number of rotatable bonds is 5. The van der Waals surface area contributed by atoms with Gasteiger partial charge in [-0.25, -0.2) is 8.42 Å². The van der Waals surface area contributed by atoms with Crippen LogP contribution in [0.2, 0.25) is 0 Å². The number of nitrogens with zero attached hydrogens (tertiary/aromatic N) is 2. The topological polar surface area (TPSA) is 107 Å². The van der Waals surface area contributed by atoms with Crippen LogP contribution < -0.4 is 10.6 Å². The second-order valence-corrected chi connectivity index (χ2v) is 7.52. The van der Waals surface area contributed by atoms with Gasteiger partial charge in [0.2, 0.25) is 15.9 Å². The number of amides is 1. The Bertz CT molecular complexity index is 796. The Morgan fingerprint density at radius 2 is 2.09 bits per heavy atom. The molecule has 0 atom stereocenters. The molecule has 0 radical (unpaired) electrons. The lowest BCUT2D eigenvalue weighted by Gasteiger charge is -2.26. The maximum absolute atomic E-state index is 12.2. The lowest BCUT2D eigenvalue weighted by molar-refractivity contribution is -0.115. The van der Waals surface area contributed by atoms with Crippen molar-refractivity contribution in [3.05, 3.63) is 24.4 Å². The van der Waals surface area contributed by atoms with Gasteiger partial charge in [-0.05, 0) is 18.2 Å². The van der Waals surface area contributed by atoms with Crippen molar-refractivity contribution in [2.75, 3.05) is 37.2 Å². The van der Waals surface area contributed by atoms with E-state index in [1.54, 1.807) is 18.3 Å². The first-order chi connectivity index (χ1) is 11.0. The number of aromatic amines is 1. The molecule has 8 nitrogen and oxygen atoms in total. The Morgan fingerprint density at radius 3 is 2.87 bits per heavy atom. The number of hydrogen-bond acceptors (Lipinski definition) is 5. The van der Waals surface area contributed by atoms with Gasteiger partial charge in [0.05, 0.1) is 17.5 Å². The average Bonchev–Trinajstić information content (AvgIpc) is 3.02. The van der Waals surface area contributed by atoms with Crippen LogP contribution in [-0.4, -0.2) is 60.8 Å². The van der Waals surface area contributed by atoms with Crippen molar-refractivity contribution >= 4 is 32.5 Å². The van der Waals surface area contributed by atoms with Gasteiger partial charge in [-0.1, -0.05) is 0 Å². The smallest absolute Gasteiger partial charge is 0.225 e. The predicted octanol–water partition coefficient (Wildman–Crippen LogP) is 0.127. The summed E-state index contributed by atoms with van der Waals surface area (Å²) in [5.41, 5.74) is 1.43. The summed E-state index contributed by atoms with van der Waals surface area (Å²) in [6.45, 7) is 2.21. The number of piperazine rings is 1. The van der Waals surface area contributed by atoms with E-state index in [1.165, 1.54) is 4.31 Å². The molecule has 0 bridgehead atoms. The maximum atomic E-state index is 12.2. The molecule has 1 aliphatic heterocycles. The zero-order valence-electron chi connectivity index (χ0n) is 12.6. The summed E-state index contributed by atoms with van der Waals surface area (Å²) in [7, 11) is -3.38. The largest absolute Gasteiger partial charge is 0.326 e. The molecule has 2 heterocycles. The van der Waals surface area contributed by atoms with Gasteiger partial charge in [-0.15, -0.1) is 0 Å². The summed E-state index contributed by atoms with van der Waals surface area (Å²) < 4.78 is 25.8. The third-order valence-electron chi connectivity index (χ3n) is 3.78. The molecule has 2 aromatic rings. The summed E-state index contributed by atoms with van der Waals surface area (Å²) in [6, 6.07) is 5.37. The third kappa shape index (κ3) is 3.87. The number of fused-ring (bicyclic) bond motifs is 1. The highest BCUT2D eigenvalue weighted by Crippen LogP contribution is 2.16.